The van der Waals surface area contributed by atoms with Gasteiger partial charge in [-0.25, -0.2) is 0 Å². The minimum Gasteiger partial charge on any atom is -0.493 e. The van der Waals surface area contributed by atoms with Crippen LogP contribution in [0, 0.1) is 5.92 Å². The summed E-state index contributed by atoms with van der Waals surface area (Å²) in [6.07, 6.45) is 0.143. The van der Waals surface area contributed by atoms with Gasteiger partial charge in [-0.15, -0.1) is 0 Å². The first-order valence-electron chi connectivity index (χ1n) is 7.49. The molecule has 0 radical (unpaired) electrons. The van der Waals surface area contributed by atoms with E-state index in [1.54, 1.807) is 29.2 Å². The van der Waals surface area contributed by atoms with Gasteiger partial charge < -0.3 is 14.4 Å². The number of ether oxygens (including phenoxy) is 2. The van der Waals surface area contributed by atoms with E-state index in [9.17, 15) is 9.59 Å². The van der Waals surface area contributed by atoms with Crippen LogP contribution in [-0.2, 0) is 9.59 Å². The van der Waals surface area contributed by atoms with Gasteiger partial charge in [0.2, 0.25) is 5.91 Å². The molecule has 24 heavy (non-hydrogen) atoms. The summed E-state index contributed by atoms with van der Waals surface area (Å²) in [6.45, 7) is 0.314. The molecule has 124 valence electrons. The molecule has 0 aromatic heterocycles. The van der Waals surface area contributed by atoms with Gasteiger partial charge in [-0.05, 0) is 36.4 Å². The van der Waals surface area contributed by atoms with Gasteiger partial charge in [0.1, 0.15) is 0 Å². The van der Waals surface area contributed by atoms with E-state index in [-0.39, 0.29) is 12.3 Å². The van der Waals surface area contributed by atoms with Crippen molar-refractivity contribution in [2.45, 2.75) is 6.42 Å². The monoisotopic (exact) mass is 389 g/mol. The maximum atomic E-state index is 12.4. The van der Waals surface area contributed by atoms with Gasteiger partial charge in [0, 0.05) is 23.1 Å². The molecule has 1 amide bonds. The number of halogens is 1. The van der Waals surface area contributed by atoms with E-state index in [1.165, 1.54) is 7.11 Å². The van der Waals surface area contributed by atoms with Crippen molar-refractivity contribution in [3.05, 3.63) is 53.0 Å². The van der Waals surface area contributed by atoms with E-state index in [2.05, 4.69) is 15.9 Å². The topological polar surface area (TPSA) is 55.8 Å². The van der Waals surface area contributed by atoms with Gasteiger partial charge in [0.25, 0.3) is 0 Å². The highest BCUT2D eigenvalue weighted by Gasteiger charge is 2.36. The molecule has 0 unspecified atom stereocenters. The number of carbonyl (C=O) groups is 2. The molecule has 6 heteroatoms. The zero-order valence-electron chi connectivity index (χ0n) is 13.1. The Bertz CT molecular complexity index is 760. The molecule has 0 bridgehead atoms. The number of anilines is 1. The SMILES string of the molecule is COc1ccccc1OC(=O)[C@@H]1CC(=O)N(c2ccc(Br)cc2)C1. The highest BCUT2D eigenvalue weighted by atomic mass is 79.9. The first-order chi connectivity index (χ1) is 11.6. The average Bonchev–Trinajstić information content (AvgIpc) is 2.98. The molecule has 1 saturated heterocycles. The fourth-order valence-corrected chi connectivity index (χ4v) is 2.90. The van der Waals surface area contributed by atoms with Crippen LogP contribution in [0.5, 0.6) is 11.5 Å². The summed E-state index contributed by atoms with van der Waals surface area (Å²) in [5.41, 5.74) is 0.774. The Morgan fingerprint density at radius 3 is 2.46 bits per heavy atom. The van der Waals surface area contributed by atoms with E-state index in [0.29, 0.717) is 18.0 Å². The van der Waals surface area contributed by atoms with Crippen LogP contribution in [0.4, 0.5) is 5.69 Å². The van der Waals surface area contributed by atoms with Crippen molar-refractivity contribution in [1.29, 1.82) is 0 Å². The molecule has 1 aliphatic rings. The Kier molecular flexibility index (Phi) is 4.85. The van der Waals surface area contributed by atoms with Crippen LogP contribution in [-0.4, -0.2) is 25.5 Å². The second-order valence-electron chi connectivity index (χ2n) is 5.45. The molecule has 3 rings (SSSR count). The Morgan fingerprint density at radius 1 is 1.12 bits per heavy atom. The number of methoxy groups -OCH3 is 1. The van der Waals surface area contributed by atoms with Crippen LogP contribution < -0.4 is 14.4 Å². The van der Waals surface area contributed by atoms with E-state index in [0.717, 1.165) is 10.2 Å². The Hall–Kier alpha value is -2.34. The number of benzene rings is 2. The van der Waals surface area contributed by atoms with Crippen molar-refractivity contribution in [1.82, 2.24) is 0 Å². The normalized spacial score (nSPS) is 17.0. The van der Waals surface area contributed by atoms with Crippen LogP contribution >= 0.6 is 15.9 Å². The zero-order valence-corrected chi connectivity index (χ0v) is 14.7. The van der Waals surface area contributed by atoms with Crippen LogP contribution in [0.25, 0.3) is 0 Å². The van der Waals surface area contributed by atoms with Crippen LogP contribution in [0.15, 0.2) is 53.0 Å². The first kappa shape index (κ1) is 16.5. The van der Waals surface area contributed by atoms with Crippen molar-refractivity contribution in [2.75, 3.05) is 18.6 Å². The maximum Gasteiger partial charge on any atom is 0.316 e. The summed E-state index contributed by atoms with van der Waals surface area (Å²) in [4.78, 5) is 26.2. The molecule has 1 atom stereocenters. The third-order valence-electron chi connectivity index (χ3n) is 3.88. The average molecular weight is 390 g/mol. The lowest BCUT2D eigenvalue weighted by molar-refractivity contribution is -0.139. The number of nitrogens with zero attached hydrogens (tertiary/aromatic N) is 1. The number of carbonyl (C=O) groups excluding carboxylic acids is 2. The van der Waals surface area contributed by atoms with Gasteiger partial charge in [0.05, 0.1) is 13.0 Å². The van der Waals surface area contributed by atoms with E-state index in [4.69, 9.17) is 9.47 Å². The van der Waals surface area contributed by atoms with E-state index >= 15 is 0 Å². The molecule has 0 saturated carbocycles. The number of esters is 1. The number of hydrogen-bond donors (Lipinski definition) is 0. The molecule has 2 aromatic rings. The van der Waals surface area contributed by atoms with Gasteiger partial charge in [0.15, 0.2) is 11.5 Å². The number of rotatable bonds is 4. The summed E-state index contributed by atoms with van der Waals surface area (Å²) in [5, 5.41) is 0. The molecular formula is C18H16BrNO4. The van der Waals surface area contributed by atoms with Gasteiger partial charge in [-0.2, -0.15) is 0 Å². The van der Waals surface area contributed by atoms with Crippen molar-refractivity contribution >= 4 is 33.5 Å². The fourth-order valence-electron chi connectivity index (χ4n) is 2.63. The number of amides is 1. The second-order valence-corrected chi connectivity index (χ2v) is 6.37. The summed E-state index contributed by atoms with van der Waals surface area (Å²) in [5.74, 6) is -0.155. The zero-order chi connectivity index (χ0) is 17.1. The first-order valence-corrected chi connectivity index (χ1v) is 8.28. The highest BCUT2D eigenvalue weighted by molar-refractivity contribution is 9.10. The van der Waals surface area contributed by atoms with Crippen molar-refractivity contribution in [2.24, 2.45) is 5.92 Å². The van der Waals surface area contributed by atoms with Crippen molar-refractivity contribution in [3.63, 3.8) is 0 Å². The lowest BCUT2D eigenvalue weighted by Gasteiger charge is -2.16. The van der Waals surface area contributed by atoms with Gasteiger partial charge >= 0.3 is 5.97 Å². The summed E-state index contributed by atoms with van der Waals surface area (Å²) >= 11 is 3.37. The third kappa shape index (κ3) is 3.43. The minimum absolute atomic E-state index is 0.0840. The van der Waals surface area contributed by atoms with Crippen molar-refractivity contribution in [3.8, 4) is 11.5 Å². The van der Waals surface area contributed by atoms with Crippen LogP contribution in [0.3, 0.4) is 0 Å². The lowest BCUT2D eigenvalue weighted by Crippen LogP contribution is -2.27. The smallest absolute Gasteiger partial charge is 0.316 e. The summed E-state index contributed by atoms with van der Waals surface area (Å²) in [7, 11) is 1.51. The maximum absolute atomic E-state index is 12.4. The van der Waals surface area contributed by atoms with Crippen LogP contribution in [0.2, 0.25) is 0 Å². The molecule has 0 N–H and O–H groups in total. The molecule has 0 spiro atoms. The molecule has 1 fully saturated rings. The summed E-state index contributed by atoms with van der Waals surface area (Å²) < 4.78 is 11.5. The minimum atomic E-state index is -0.494. The highest BCUT2D eigenvalue weighted by Crippen LogP contribution is 2.30. The Labute approximate surface area is 148 Å². The molecule has 0 aliphatic carbocycles. The second kappa shape index (κ2) is 7.05. The predicted molar refractivity (Wildman–Crippen MR) is 93.2 cm³/mol. The molecule has 1 aliphatic heterocycles. The summed E-state index contributed by atoms with van der Waals surface area (Å²) in [6, 6.07) is 14.4. The Balaban J connectivity index is 1.71. The number of para-hydroxylation sites is 2. The fraction of sp³-hybridized carbons (Fsp3) is 0.222. The Morgan fingerprint density at radius 2 is 1.79 bits per heavy atom. The largest absolute Gasteiger partial charge is 0.493 e. The van der Waals surface area contributed by atoms with E-state index in [1.807, 2.05) is 24.3 Å². The van der Waals surface area contributed by atoms with Gasteiger partial charge in [-0.3, -0.25) is 9.59 Å². The predicted octanol–water partition coefficient (Wildman–Crippen LogP) is 3.42. The molecule has 1 heterocycles. The van der Waals surface area contributed by atoms with Crippen molar-refractivity contribution < 1.29 is 19.1 Å². The lowest BCUT2D eigenvalue weighted by atomic mass is 10.1. The third-order valence-corrected chi connectivity index (χ3v) is 4.40. The molecule has 5 nitrogen and oxygen atoms in total. The number of hydrogen-bond acceptors (Lipinski definition) is 4. The molecular weight excluding hydrogens is 374 g/mol. The molecule has 2 aromatic carbocycles. The van der Waals surface area contributed by atoms with Gasteiger partial charge in [-0.1, -0.05) is 28.1 Å². The standard InChI is InChI=1S/C18H16BrNO4/c1-23-15-4-2-3-5-16(15)24-18(22)12-10-17(21)20(11-12)14-8-6-13(19)7-9-14/h2-9,12H,10-11H2,1H3/t12-/m1/s1. The quantitative estimate of drug-likeness (QED) is 0.593. The van der Waals surface area contributed by atoms with Crippen LogP contribution in [0.1, 0.15) is 6.42 Å². The van der Waals surface area contributed by atoms with E-state index < -0.39 is 11.9 Å².